The molecular formula is C15H24. The van der Waals surface area contributed by atoms with Gasteiger partial charge in [-0.3, -0.25) is 0 Å². The van der Waals surface area contributed by atoms with Crippen LogP contribution < -0.4 is 0 Å². The summed E-state index contributed by atoms with van der Waals surface area (Å²) < 4.78 is 0. The van der Waals surface area contributed by atoms with Gasteiger partial charge in [0, 0.05) is 0 Å². The average Bonchev–Trinajstić information content (AvgIpc) is 2.15. The topological polar surface area (TPSA) is 0 Å². The molecule has 1 saturated carbocycles. The van der Waals surface area contributed by atoms with E-state index in [4.69, 9.17) is 0 Å². The highest BCUT2D eigenvalue weighted by atomic mass is 14.6. The van der Waals surface area contributed by atoms with E-state index in [1.54, 1.807) is 0 Å². The molecule has 0 heterocycles. The lowest BCUT2D eigenvalue weighted by atomic mass is 9.40. The van der Waals surface area contributed by atoms with E-state index in [1.165, 1.54) is 12.0 Å². The summed E-state index contributed by atoms with van der Waals surface area (Å²) in [5.41, 5.74) is 2.36. The molecule has 0 N–H and O–H groups in total. The van der Waals surface area contributed by atoms with Crippen LogP contribution in [0.15, 0.2) is 24.3 Å². The van der Waals surface area contributed by atoms with E-state index >= 15 is 0 Å². The molecule has 0 nitrogen and oxygen atoms in total. The molecule has 0 saturated heterocycles. The predicted octanol–water partition coefficient (Wildman–Crippen LogP) is 4.44. The fourth-order valence-corrected chi connectivity index (χ4v) is 3.88. The monoisotopic (exact) mass is 204 g/mol. The summed E-state index contributed by atoms with van der Waals surface area (Å²) in [5.74, 6) is 2.35. The molecule has 2 bridgehead atoms. The van der Waals surface area contributed by atoms with Crippen LogP contribution in [0.25, 0.3) is 0 Å². The van der Waals surface area contributed by atoms with E-state index in [1.807, 2.05) is 0 Å². The molecule has 0 aromatic carbocycles. The standard InChI is InChI=1S/C15H24/c1-7-11-9-15(6,10(2)3)13-8-12(11)14(13,4)5/h7,9-10,12-13H,1,8H2,2-6H3/t12?,13?,15-/m0/s1. The Kier molecular flexibility index (Phi) is 2.19. The molecule has 1 fully saturated rings. The van der Waals surface area contributed by atoms with Gasteiger partial charge in [-0.05, 0) is 40.6 Å². The van der Waals surface area contributed by atoms with Crippen LogP contribution in [0, 0.1) is 28.6 Å². The van der Waals surface area contributed by atoms with E-state index in [9.17, 15) is 0 Å². The maximum absolute atomic E-state index is 3.98. The van der Waals surface area contributed by atoms with Gasteiger partial charge in [0.1, 0.15) is 0 Å². The second-order valence-corrected chi connectivity index (χ2v) is 6.53. The molecule has 3 aliphatic rings. The van der Waals surface area contributed by atoms with Crippen molar-refractivity contribution >= 4 is 0 Å². The van der Waals surface area contributed by atoms with Crippen LogP contribution in [0.3, 0.4) is 0 Å². The van der Waals surface area contributed by atoms with E-state index < -0.39 is 0 Å². The van der Waals surface area contributed by atoms with Crippen molar-refractivity contribution in [2.45, 2.75) is 41.0 Å². The van der Waals surface area contributed by atoms with Crippen molar-refractivity contribution in [3.05, 3.63) is 24.3 Å². The number of fused-ring (bicyclic) bond motifs is 1. The van der Waals surface area contributed by atoms with Crippen molar-refractivity contribution in [3.63, 3.8) is 0 Å². The molecule has 3 atom stereocenters. The highest BCUT2D eigenvalue weighted by Gasteiger charge is 2.59. The van der Waals surface area contributed by atoms with Gasteiger partial charge in [-0.2, -0.15) is 0 Å². The van der Waals surface area contributed by atoms with Crippen LogP contribution in [0.1, 0.15) is 41.0 Å². The van der Waals surface area contributed by atoms with Crippen molar-refractivity contribution in [2.24, 2.45) is 28.6 Å². The Morgan fingerprint density at radius 1 is 1.40 bits per heavy atom. The van der Waals surface area contributed by atoms with Crippen molar-refractivity contribution in [3.8, 4) is 0 Å². The Hall–Kier alpha value is -0.520. The average molecular weight is 204 g/mol. The lowest BCUT2D eigenvalue weighted by Crippen LogP contribution is -2.57. The molecule has 0 spiro atoms. The summed E-state index contributed by atoms with van der Waals surface area (Å²) in [6, 6.07) is 0. The van der Waals surface area contributed by atoms with Gasteiger partial charge in [-0.25, -0.2) is 0 Å². The van der Waals surface area contributed by atoms with Crippen LogP contribution in [0.2, 0.25) is 0 Å². The Bertz CT molecular complexity index is 319. The SMILES string of the molecule is C=CC1=C[C@@](C)(C(C)C)C2CC1C2(C)C. The van der Waals surface area contributed by atoms with Gasteiger partial charge < -0.3 is 0 Å². The third-order valence-electron chi connectivity index (χ3n) is 5.38. The second kappa shape index (κ2) is 2.99. The zero-order chi connectivity index (χ0) is 11.4. The highest BCUT2D eigenvalue weighted by molar-refractivity contribution is 5.35. The van der Waals surface area contributed by atoms with Crippen LogP contribution >= 0.6 is 0 Å². The molecule has 3 rings (SSSR count). The number of rotatable bonds is 2. The molecule has 3 aliphatic carbocycles. The van der Waals surface area contributed by atoms with Gasteiger partial charge in [-0.15, -0.1) is 0 Å². The van der Waals surface area contributed by atoms with E-state index in [0.717, 1.165) is 17.8 Å². The van der Waals surface area contributed by atoms with Crippen LogP contribution in [0.5, 0.6) is 0 Å². The Labute approximate surface area is 94.5 Å². The summed E-state index contributed by atoms with van der Waals surface area (Å²) in [5, 5.41) is 0. The summed E-state index contributed by atoms with van der Waals surface area (Å²) in [7, 11) is 0. The first-order valence-electron chi connectivity index (χ1n) is 6.19. The second-order valence-electron chi connectivity index (χ2n) is 6.53. The third-order valence-corrected chi connectivity index (χ3v) is 5.38. The van der Waals surface area contributed by atoms with Gasteiger partial charge in [-0.1, -0.05) is 53.3 Å². The fourth-order valence-electron chi connectivity index (χ4n) is 3.88. The van der Waals surface area contributed by atoms with Gasteiger partial charge in [0.05, 0.1) is 0 Å². The predicted molar refractivity (Wildman–Crippen MR) is 66.6 cm³/mol. The first-order chi connectivity index (χ1) is 6.84. The summed E-state index contributed by atoms with van der Waals surface area (Å²) in [6.45, 7) is 16.0. The zero-order valence-corrected chi connectivity index (χ0v) is 10.8. The zero-order valence-electron chi connectivity index (χ0n) is 10.8. The molecule has 0 aromatic rings. The van der Waals surface area contributed by atoms with Gasteiger partial charge in [0.25, 0.3) is 0 Å². The maximum atomic E-state index is 3.98. The molecule has 0 aliphatic heterocycles. The number of allylic oxidation sites excluding steroid dienone is 3. The minimum Gasteiger partial charge on any atom is -0.0988 e. The Morgan fingerprint density at radius 2 is 2.00 bits per heavy atom. The van der Waals surface area contributed by atoms with E-state index in [-0.39, 0.29) is 0 Å². The Morgan fingerprint density at radius 3 is 2.40 bits per heavy atom. The van der Waals surface area contributed by atoms with Crippen LogP contribution in [0.4, 0.5) is 0 Å². The van der Waals surface area contributed by atoms with Crippen molar-refractivity contribution in [1.82, 2.24) is 0 Å². The van der Waals surface area contributed by atoms with E-state index in [2.05, 4.69) is 53.3 Å². The first kappa shape index (κ1) is 11.0. The maximum Gasteiger partial charge on any atom is -0.00839 e. The number of hydrogen-bond donors (Lipinski definition) is 0. The first-order valence-corrected chi connectivity index (χ1v) is 6.19. The fraction of sp³-hybridized carbons (Fsp3) is 0.733. The third kappa shape index (κ3) is 1.20. The smallest absolute Gasteiger partial charge is 0.00839 e. The summed E-state index contributed by atoms with van der Waals surface area (Å²) >= 11 is 0. The molecule has 84 valence electrons. The minimum atomic E-state index is 0.377. The van der Waals surface area contributed by atoms with Crippen LogP contribution in [-0.4, -0.2) is 0 Å². The largest absolute Gasteiger partial charge is 0.0988 e. The molecule has 0 radical (unpaired) electrons. The van der Waals surface area contributed by atoms with Gasteiger partial charge in [0.15, 0.2) is 0 Å². The minimum absolute atomic E-state index is 0.377. The molecule has 2 unspecified atom stereocenters. The van der Waals surface area contributed by atoms with Crippen LogP contribution in [-0.2, 0) is 0 Å². The molecule has 0 heteroatoms. The molecule has 15 heavy (non-hydrogen) atoms. The van der Waals surface area contributed by atoms with Crippen molar-refractivity contribution in [1.29, 1.82) is 0 Å². The molecular weight excluding hydrogens is 180 g/mol. The summed E-state index contributed by atoms with van der Waals surface area (Å²) in [4.78, 5) is 0. The number of hydrogen-bond acceptors (Lipinski definition) is 0. The normalized spacial score (nSPS) is 42.1. The van der Waals surface area contributed by atoms with Gasteiger partial charge in [0.2, 0.25) is 0 Å². The molecule has 0 aromatic heterocycles. The van der Waals surface area contributed by atoms with Crippen molar-refractivity contribution < 1.29 is 0 Å². The highest BCUT2D eigenvalue weighted by Crippen LogP contribution is 2.67. The molecule has 0 amide bonds. The van der Waals surface area contributed by atoms with Crippen molar-refractivity contribution in [2.75, 3.05) is 0 Å². The lowest BCUT2D eigenvalue weighted by Gasteiger charge is -2.64. The summed E-state index contributed by atoms with van der Waals surface area (Å²) in [6.07, 6.45) is 5.97. The quantitative estimate of drug-likeness (QED) is 0.624. The van der Waals surface area contributed by atoms with Gasteiger partial charge >= 0.3 is 0 Å². The lowest BCUT2D eigenvalue weighted by molar-refractivity contribution is -0.0938. The van der Waals surface area contributed by atoms with E-state index in [0.29, 0.717) is 10.8 Å². The Balaban J connectivity index is 2.47.